The molecule has 6 nitrogen and oxygen atoms in total. The molecular weight excluding hydrogens is 318 g/mol. The molecule has 0 amide bonds. The molecule has 134 valence electrons. The van der Waals surface area contributed by atoms with E-state index in [2.05, 4.69) is 22.2 Å². The standard InChI is InChI=1S/C19H25N3O3/c1-4-15-12-21-19(22-13-15)20-11-10-16-6-8-17(9-7-16)25-14(3)18(23)24-5-2/h6-9,12-14H,4-5,10-11H2,1-3H3,(H,20,21,22). The van der Waals surface area contributed by atoms with Crippen LogP contribution in [-0.4, -0.2) is 35.2 Å². The van der Waals surface area contributed by atoms with E-state index in [0.717, 1.165) is 30.5 Å². The average Bonchev–Trinajstić information content (AvgIpc) is 2.64. The summed E-state index contributed by atoms with van der Waals surface area (Å²) in [5, 5.41) is 3.21. The lowest BCUT2D eigenvalue weighted by Crippen LogP contribution is -2.26. The summed E-state index contributed by atoms with van der Waals surface area (Å²) < 4.78 is 10.5. The molecule has 0 fully saturated rings. The summed E-state index contributed by atoms with van der Waals surface area (Å²) >= 11 is 0. The number of hydrogen-bond donors (Lipinski definition) is 1. The van der Waals surface area contributed by atoms with Gasteiger partial charge in [-0.3, -0.25) is 0 Å². The van der Waals surface area contributed by atoms with Gasteiger partial charge in [0, 0.05) is 18.9 Å². The van der Waals surface area contributed by atoms with Crippen molar-refractivity contribution in [1.29, 1.82) is 0 Å². The van der Waals surface area contributed by atoms with Gasteiger partial charge in [-0.2, -0.15) is 0 Å². The molecule has 2 rings (SSSR count). The molecule has 1 atom stereocenters. The van der Waals surface area contributed by atoms with Crippen LogP contribution in [0.3, 0.4) is 0 Å². The largest absolute Gasteiger partial charge is 0.479 e. The minimum Gasteiger partial charge on any atom is -0.479 e. The van der Waals surface area contributed by atoms with E-state index in [4.69, 9.17) is 9.47 Å². The monoisotopic (exact) mass is 343 g/mol. The first-order valence-corrected chi connectivity index (χ1v) is 8.59. The second kappa shape index (κ2) is 9.61. The summed E-state index contributed by atoms with van der Waals surface area (Å²) in [6, 6.07) is 7.68. The van der Waals surface area contributed by atoms with Crippen molar-refractivity contribution in [2.24, 2.45) is 0 Å². The number of carbonyl (C=O) groups excluding carboxylic acids is 1. The number of benzene rings is 1. The van der Waals surface area contributed by atoms with Gasteiger partial charge >= 0.3 is 5.97 Å². The molecule has 0 aliphatic heterocycles. The van der Waals surface area contributed by atoms with Gasteiger partial charge < -0.3 is 14.8 Å². The summed E-state index contributed by atoms with van der Waals surface area (Å²) in [4.78, 5) is 20.1. The number of esters is 1. The molecule has 0 saturated heterocycles. The predicted molar refractivity (Wildman–Crippen MR) is 96.8 cm³/mol. The summed E-state index contributed by atoms with van der Waals surface area (Å²) in [6.07, 6.45) is 4.84. The Morgan fingerprint density at radius 3 is 2.40 bits per heavy atom. The van der Waals surface area contributed by atoms with Gasteiger partial charge in [-0.1, -0.05) is 19.1 Å². The minimum absolute atomic E-state index is 0.351. The first kappa shape index (κ1) is 18.7. The Morgan fingerprint density at radius 1 is 1.12 bits per heavy atom. The van der Waals surface area contributed by atoms with E-state index in [0.29, 0.717) is 18.3 Å². The van der Waals surface area contributed by atoms with Crippen molar-refractivity contribution in [3.8, 4) is 5.75 Å². The first-order chi connectivity index (χ1) is 12.1. The number of hydrogen-bond acceptors (Lipinski definition) is 6. The van der Waals surface area contributed by atoms with Crippen molar-refractivity contribution >= 4 is 11.9 Å². The number of aromatic nitrogens is 2. The van der Waals surface area contributed by atoms with Crippen molar-refractivity contribution in [1.82, 2.24) is 9.97 Å². The normalized spacial score (nSPS) is 11.6. The van der Waals surface area contributed by atoms with E-state index in [1.807, 2.05) is 36.7 Å². The van der Waals surface area contributed by atoms with Gasteiger partial charge in [0.15, 0.2) is 6.10 Å². The molecular formula is C19H25N3O3. The molecule has 0 bridgehead atoms. The van der Waals surface area contributed by atoms with E-state index in [1.165, 1.54) is 0 Å². The van der Waals surface area contributed by atoms with Crippen LogP contribution in [0, 0.1) is 0 Å². The van der Waals surface area contributed by atoms with Crippen molar-refractivity contribution in [2.45, 2.75) is 39.7 Å². The smallest absolute Gasteiger partial charge is 0.347 e. The van der Waals surface area contributed by atoms with Gasteiger partial charge in [0.05, 0.1) is 6.61 Å². The van der Waals surface area contributed by atoms with Crippen LogP contribution in [0.15, 0.2) is 36.7 Å². The summed E-state index contributed by atoms with van der Waals surface area (Å²) in [5.41, 5.74) is 2.28. The molecule has 1 N–H and O–H groups in total. The van der Waals surface area contributed by atoms with Crippen molar-refractivity contribution in [2.75, 3.05) is 18.5 Å². The van der Waals surface area contributed by atoms with Crippen LogP contribution in [0.2, 0.25) is 0 Å². The highest BCUT2D eigenvalue weighted by molar-refractivity contribution is 5.74. The maximum atomic E-state index is 11.6. The highest BCUT2D eigenvalue weighted by Gasteiger charge is 2.15. The maximum Gasteiger partial charge on any atom is 0.347 e. The molecule has 1 unspecified atom stereocenters. The summed E-state index contributed by atoms with van der Waals surface area (Å²) in [5.74, 6) is 0.932. The lowest BCUT2D eigenvalue weighted by Gasteiger charge is -2.13. The Hall–Kier alpha value is -2.63. The highest BCUT2D eigenvalue weighted by Crippen LogP contribution is 2.15. The Kier molecular flexibility index (Phi) is 7.19. The fourth-order valence-electron chi connectivity index (χ4n) is 2.19. The molecule has 0 spiro atoms. The van der Waals surface area contributed by atoms with Crippen LogP contribution >= 0.6 is 0 Å². The maximum absolute atomic E-state index is 11.6. The molecule has 1 aromatic heterocycles. The molecule has 1 aromatic carbocycles. The third-order valence-corrected chi connectivity index (χ3v) is 3.67. The second-order valence-electron chi connectivity index (χ2n) is 5.60. The lowest BCUT2D eigenvalue weighted by atomic mass is 10.1. The van der Waals surface area contributed by atoms with E-state index in [9.17, 15) is 4.79 Å². The van der Waals surface area contributed by atoms with Crippen LogP contribution < -0.4 is 10.1 Å². The number of aryl methyl sites for hydroxylation is 1. The molecule has 0 aliphatic rings. The number of carbonyl (C=O) groups is 1. The van der Waals surface area contributed by atoms with E-state index in [1.54, 1.807) is 13.8 Å². The molecule has 0 radical (unpaired) electrons. The van der Waals surface area contributed by atoms with Crippen LogP contribution in [0.25, 0.3) is 0 Å². The van der Waals surface area contributed by atoms with Crippen LogP contribution in [0.1, 0.15) is 31.9 Å². The molecule has 6 heteroatoms. The molecule has 0 aliphatic carbocycles. The zero-order chi connectivity index (χ0) is 18.1. The van der Waals surface area contributed by atoms with Crippen molar-refractivity contribution in [3.05, 3.63) is 47.8 Å². The number of nitrogens with zero attached hydrogens (tertiary/aromatic N) is 2. The van der Waals surface area contributed by atoms with E-state index >= 15 is 0 Å². The topological polar surface area (TPSA) is 73.3 Å². The zero-order valence-corrected chi connectivity index (χ0v) is 15.0. The number of rotatable bonds is 9. The third kappa shape index (κ3) is 6.06. The summed E-state index contributed by atoms with van der Waals surface area (Å²) in [6.45, 7) is 6.62. The lowest BCUT2D eigenvalue weighted by molar-refractivity contribution is -0.150. The summed E-state index contributed by atoms with van der Waals surface area (Å²) in [7, 11) is 0. The van der Waals surface area contributed by atoms with Crippen molar-refractivity contribution < 1.29 is 14.3 Å². The highest BCUT2D eigenvalue weighted by atomic mass is 16.6. The second-order valence-corrected chi connectivity index (χ2v) is 5.60. The number of ether oxygens (including phenoxy) is 2. The predicted octanol–water partition coefficient (Wildman–Crippen LogP) is 3.02. The average molecular weight is 343 g/mol. The van der Waals surface area contributed by atoms with Gasteiger partial charge in [-0.05, 0) is 49.9 Å². The van der Waals surface area contributed by atoms with Gasteiger partial charge in [-0.25, -0.2) is 14.8 Å². The van der Waals surface area contributed by atoms with E-state index in [-0.39, 0.29) is 5.97 Å². The first-order valence-electron chi connectivity index (χ1n) is 8.59. The SMILES string of the molecule is CCOC(=O)C(C)Oc1ccc(CCNc2ncc(CC)cn2)cc1. The van der Waals surface area contributed by atoms with E-state index < -0.39 is 6.10 Å². The third-order valence-electron chi connectivity index (χ3n) is 3.67. The number of anilines is 1. The Labute approximate surface area is 148 Å². The fourth-order valence-corrected chi connectivity index (χ4v) is 2.19. The van der Waals surface area contributed by atoms with Crippen LogP contribution in [0.5, 0.6) is 5.75 Å². The molecule has 25 heavy (non-hydrogen) atoms. The molecule has 2 aromatic rings. The van der Waals surface area contributed by atoms with Crippen LogP contribution in [-0.2, 0) is 22.4 Å². The molecule has 1 heterocycles. The Balaban J connectivity index is 1.78. The minimum atomic E-state index is -0.615. The fraction of sp³-hybridized carbons (Fsp3) is 0.421. The molecule has 0 saturated carbocycles. The number of nitrogens with one attached hydrogen (secondary N) is 1. The Morgan fingerprint density at radius 2 is 1.80 bits per heavy atom. The van der Waals surface area contributed by atoms with Gasteiger partial charge in [0.25, 0.3) is 0 Å². The Bertz CT molecular complexity index is 657. The van der Waals surface area contributed by atoms with Gasteiger partial charge in [0.1, 0.15) is 5.75 Å². The van der Waals surface area contributed by atoms with Crippen LogP contribution in [0.4, 0.5) is 5.95 Å². The van der Waals surface area contributed by atoms with Crippen molar-refractivity contribution in [3.63, 3.8) is 0 Å². The zero-order valence-electron chi connectivity index (χ0n) is 15.0. The quantitative estimate of drug-likeness (QED) is 0.706. The van der Waals surface area contributed by atoms with Gasteiger partial charge in [0.2, 0.25) is 5.95 Å². The van der Waals surface area contributed by atoms with Gasteiger partial charge in [-0.15, -0.1) is 0 Å².